The first-order chi connectivity index (χ1) is 6.74. The SMILES string of the molecule is COc1nccc2[nH]cc(C(C)=O)c12. The Morgan fingerprint density at radius 2 is 2.36 bits per heavy atom. The van der Waals surface area contributed by atoms with Gasteiger partial charge in [-0.25, -0.2) is 4.98 Å². The van der Waals surface area contributed by atoms with E-state index in [1.54, 1.807) is 19.5 Å². The number of aromatic amines is 1. The zero-order chi connectivity index (χ0) is 10.1. The maximum absolute atomic E-state index is 11.3. The number of methoxy groups -OCH3 is 1. The first-order valence-corrected chi connectivity index (χ1v) is 4.25. The number of H-pyrrole nitrogens is 1. The summed E-state index contributed by atoms with van der Waals surface area (Å²) in [6.07, 6.45) is 3.32. The monoisotopic (exact) mass is 190 g/mol. The normalized spacial score (nSPS) is 10.4. The predicted molar refractivity (Wildman–Crippen MR) is 52.7 cm³/mol. The van der Waals surface area contributed by atoms with Crippen molar-refractivity contribution in [2.75, 3.05) is 7.11 Å². The van der Waals surface area contributed by atoms with Crippen LogP contribution in [0.25, 0.3) is 10.9 Å². The lowest BCUT2D eigenvalue weighted by molar-refractivity contribution is 0.101. The Morgan fingerprint density at radius 3 is 3.00 bits per heavy atom. The van der Waals surface area contributed by atoms with Crippen LogP contribution in [0.1, 0.15) is 17.3 Å². The molecule has 2 aromatic heterocycles. The van der Waals surface area contributed by atoms with E-state index in [1.807, 2.05) is 6.07 Å². The number of carbonyl (C=O) groups is 1. The fourth-order valence-corrected chi connectivity index (χ4v) is 1.48. The maximum Gasteiger partial charge on any atom is 0.223 e. The number of aromatic nitrogens is 2. The summed E-state index contributed by atoms with van der Waals surface area (Å²) in [5.74, 6) is 0.483. The van der Waals surface area contributed by atoms with Crippen LogP contribution in [-0.2, 0) is 0 Å². The number of pyridine rings is 1. The summed E-state index contributed by atoms with van der Waals surface area (Å²) in [6, 6.07) is 1.81. The van der Waals surface area contributed by atoms with Crippen LogP contribution in [0.3, 0.4) is 0 Å². The van der Waals surface area contributed by atoms with Crippen molar-refractivity contribution in [3.8, 4) is 5.88 Å². The van der Waals surface area contributed by atoms with Gasteiger partial charge in [-0.3, -0.25) is 4.79 Å². The van der Waals surface area contributed by atoms with E-state index >= 15 is 0 Å². The molecule has 0 saturated heterocycles. The Bertz CT molecular complexity index is 488. The third kappa shape index (κ3) is 1.16. The molecule has 0 unspecified atom stereocenters. The summed E-state index contributed by atoms with van der Waals surface area (Å²) in [5, 5.41) is 0.752. The van der Waals surface area contributed by atoms with Gasteiger partial charge in [0, 0.05) is 18.0 Å². The van der Waals surface area contributed by atoms with Gasteiger partial charge in [0.15, 0.2) is 5.78 Å². The predicted octanol–water partition coefficient (Wildman–Crippen LogP) is 1.77. The minimum atomic E-state index is 0.00236. The second-order valence-electron chi connectivity index (χ2n) is 3.00. The number of hydrogen-bond donors (Lipinski definition) is 1. The molecule has 0 amide bonds. The van der Waals surface area contributed by atoms with E-state index in [9.17, 15) is 4.79 Å². The van der Waals surface area contributed by atoms with Crippen LogP contribution in [0.4, 0.5) is 0 Å². The molecule has 2 heterocycles. The van der Waals surface area contributed by atoms with Crippen LogP contribution in [-0.4, -0.2) is 22.9 Å². The third-order valence-corrected chi connectivity index (χ3v) is 2.13. The van der Waals surface area contributed by atoms with Crippen molar-refractivity contribution in [3.63, 3.8) is 0 Å². The van der Waals surface area contributed by atoms with Crippen LogP contribution in [0.15, 0.2) is 18.5 Å². The average molecular weight is 190 g/mol. The molecular formula is C10H10N2O2. The number of Topliss-reactive ketones (excluding diaryl/α,β-unsaturated/α-hetero) is 1. The van der Waals surface area contributed by atoms with Crippen molar-refractivity contribution in [1.29, 1.82) is 0 Å². The van der Waals surface area contributed by atoms with Crippen molar-refractivity contribution in [2.45, 2.75) is 6.92 Å². The van der Waals surface area contributed by atoms with Gasteiger partial charge < -0.3 is 9.72 Å². The van der Waals surface area contributed by atoms with Crippen LogP contribution in [0, 0.1) is 0 Å². The lowest BCUT2D eigenvalue weighted by Crippen LogP contribution is -1.93. The van der Waals surface area contributed by atoms with E-state index in [-0.39, 0.29) is 5.78 Å². The molecule has 0 fully saturated rings. The number of ether oxygens (including phenoxy) is 1. The van der Waals surface area contributed by atoms with Crippen LogP contribution in [0.2, 0.25) is 0 Å². The van der Waals surface area contributed by atoms with Gasteiger partial charge in [0.1, 0.15) is 0 Å². The quantitative estimate of drug-likeness (QED) is 0.734. The molecule has 72 valence electrons. The fraction of sp³-hybridized carbons (Fsp3) is 0.200. The first kappa shape index (κ1) is 8.74. The van der Waals surface area contributed by atoms with E-state index in [2.05, 4.69) is 9.97 Å². The van der Waals surface area contributed by atoms with Crippen LogP contribution < -0.4 is 4.74 Å². The molecule has 0 saturated carbocycles. The van der Waals surface area contributed by atoms with E-state index in [0.29, 0.717) is 11.4 Å². The molecule has 0 radical (unpaired) electrons. The van der Waals surface area contributed by atoms with Gasteiger partial charge in [0.2, 0.25) is 5.88 Å². The molecule has 0 spiro atoms. The standard InChI is InChI=1S/C10H10N2O2/c1-6(13)7-5-12-8-3-4-11-10(14-2)9(7)8/h3-5,12H,1-2H3. The number of carbonyl (C=O) groups excluding carboxylic acids is 1. The van der Waals surface area contributed by atoms with Gasteiger partial charge in [-0.2, -0.15) is 0 Å². The fourth-order valence-electron chi connectivity index (χ4n) is 1.48. The number of fused-ring (bicyclic) bond motifs is 1. The van der Waals surface area contributed by atoms with Crippen LogP contribution in [0.5, 0.6) is 5.88 Å². The molecule has 2 rings (SSSR count). The Balaban J connectivity index is 2.81. The van der Waals surface area contributed by atoms with Gasteiger partial charge >= 0.3 is 0 Å². The van der Waals surface area contributed by atoms with Gasteiger partial charge in [-0.15, -0.1) is 0 Å². The molecular weight excluding hydrogens is 180 g/mol. The van der Waals surface area contributed by atoms with Crippen molar-refractivity contribution in [2.24, 2.45) is 0 Å². The first-order valence-electron chi connectivity index (χ1n) is 4.25. The molecule has 4 nitrogen and oxygen atoms in total. The van der Waals surface area contributed by atoms with Crippen molar-refractivity contribution in [1.82, 2.24) is 9.97 Å². The lowest BCUT2D eigenvalue weighted by Gasteiger charge is -2.00. The van der Waals surface area contributed by atoms with E-state index < -0.39 is 0 Å². The Morgan fingerprint density at radius 1 is 1.57 bits per heavy atom. The molecule has 2 aromatic rings. The lowest BCUT2D eigenvalue weighted by atomic mass is 10.1. The van der Waals surface area contributed by atoms with Crippen molar-refractivity contribution in [3.05, 3.63) is 24.0 Å². The molecule has 14 heavy (non-hydrogen) atoms. The Hall–Kier alpha value is -1.84. The summed E-state index contributed by atoms with van der Waals surface area (Å²) >= 11 is 0. The molecule has 0 atom stereocenters. The second kappa shape index (κ2) is 3.14. The minimum absolute atomic E-state index is 0.00236. The number of ketones is 1. The van der Waals surface area contributed by atoms with Gasteiger partial charge in [-0.1, -0.05) is 0 Å². The Kier molecular flexibility index (Phi) is 1.96. The molecule has 0 aliphatic heterocycles. The van der Waals surface area contributed by atoms with Crippen LogP contribution >= 0.6 is 0 Å². The molecule has 1 N–H and O–H groups in total. The zero-order valence-electron chi connectivity index (χ0n) is 8.00. The topological polar surface area (TPSA) is 55.0 Å². The van der Waals surface area contributed by atoms with E-state index in [4.69, 9.17) is 4.74 Å². The minimum Gasteiger partial charge on any atom is -0.480 e. The number of rotatable bonds is 2. The average Bonchev–Trinajstić information content (AvgIpc) is 2.60. The summed E-state index contributed by atoms with van der Waals surface area (Å²) in [4.78, 5) is 18.3. The highest BCUT2D eigenvalue weighted by Crippen LogP contribution is 2.26. The Labute approximate surface area is 80.9 Å². The highest BCUT2D eigenvalue weighted by molar-refractivity contribution is 6.08. The van der Waals surface area contributed by atoms with Gasteiger partial charge in [0.05, 0.1) is 18.0 Å². The highest BCUT2D eigenvalue weighted by Gasteiger charge is 2.12. The van der Waals surface area contributed by atoms with E-state index in [1.165, 1.54) is 6.92 Å². The summed E-state index contributed by atoms with van der Waals surface area (Å²) in [6.45, 7) is 1.52. The largest absolute Gasteiger partial charge is 0.480 e. The molecule has 0 bridgehead atoms. The number of nitrogens with one attached hydrogen (secondary N) is 1. The highest BCUT2D eigenvalue weighted by atomic mass is 16.5. The molecule has 0 aliphatic carbocycles. The van der Waals surface area contributed by atoms with Crippen molar-refractivity contribution >= 4 is 16.7 Å². The molecule has 4 heteroatoms. The third-order valence-electron chi connectivity index (χ3n) is 2.13. The van der Waals surface area contributed by atoms with E-state index in [0.717, 1.165) is 10.9 Å². The molecule has 0 aliphatic rings. The van der Waals surface area contributed by atoms with Gasteiger partial charge in [0.25, 0.3) is 0 Å². The zero-order valence-corrected chi connectivity index (χ0v) is 8.00. The smallest absolute Gasteiger partial charge is 0.223 e. The molecule has 0 aromatic carbocycles. The summed E-state index contributed by atoms with van der Waals surface area (Å²) < 4.78 is 5.09. The number of nitrogens with zero attached hydrogens (tertiary/aromatic N) is 1. The number of hydrogen-bond acceptors (Lipinski definition) is 3. The maximum atomic E-state index is 11.3. The second-order valence-corrected chi connectivity index (χ2v) is 3.00. The van der Waals surface area contributed by atoms with Crippen molar-refractivity contribution < 1.29 is 9.53 Å². The summed E-state index contributed by atoms with van der Waals surface area (Å²) in [5.41, 5.74) is 1.48. The summed E-state index contributed by atoms with van der Waals surface area (Å²) in [7, 11) is 1.54. The van der Waals surface area contributed by atoms with Gasteiger partial charge in [-0.05, 0) is 13.0 Å².